The van der Waals surface area contributed by atoms with Gasteiger partial charge >= 0.3 is 0 Å². The van der Waals surface area contributed by atoms with E-state index in [1.54, 1.807) is 0 Å². The first kappa shape index (κ1) is 13.7. The van der Waals surface area contributed by atoms with E-state index >= 15 is 0 Å². The van der Waals surface area contributed by atoms with Crippen LogP contribution in [0.1, 0.15) is 38.5 Å². The molecule has 17 heavy (non-hydrogen) atoms. The number of unbranched alkanes of at least 4 members (excludes halogenated alkanes) is 1. The topological polar surface area (TPSA) is 6.48 Å². The summed E-state index contributed by atoms with van der Waals surface area (Å²) in [6.45, 7) is 6.74. The number of piperidine rings is 1. The normalized spacial score (nSPS) is 27.7. The van der Waals surface area contributed by atoms with Crippen LogP contribution < -0.4 is 0 Å². The molecule has 100 valence electrons. The molecule has 0 bridgehead atoms. The molecule has 0 aromatic carbocycles. The van der Waals surface area contributed by atoms with E-state index in [-0.39, 0.29) is 0 Å². The molecule has 2 rings (SSSR count). The Hall–Kier alpha value is 0.270. The van der Waals surface area contributed by atoms with E-state index in [0.29, 0.717) is 0 Å². The second kappa shape index (κ2) is 7.65. The summed E-state index contributed by atoms with van der Waals surface area (Å²) in [6.07, 6.45) is 10.7. The maximum absolute atomic E-state index is 2.76. The van der Waals surface area contributed by atoms with Crippen molar-refractivity contribution in [1.82, 2.24) is 9.80 Å². The molecule has 1 atom stereocenters. The molecule has 0 aromatic rings. The highest BCUT2D eigenvalue weighted by molar-refractivity contribution is 7.98. The van der Waals surface area contributed by atoms with Gasteiger partial charge in [-0.1, -0.05) is 6.42 Å². The van der Waals surface area contributed by atoms with Gasteiger partial charge in [0.2, 0.25) is 0 Å². The molecule has 2 heterocycles. The predicted molar refractivity (Wildman–Crippen MR) is 77.9 cm³/mol. The second-order valence-electron chi connectivity index (χ2n) is 5.54. The Morgan fingerprint density at radius 1 is 1.06 bits per heavy atom. The molecule has 0 N–H and O–H groups in total. The highest BCUT2D eigenvalue weighted by atomic mass is 32.2. The van der Waals surface area contributed by atoms with Gasteiger partial charge in [0.25, 0.3) is 0 Å². The molecule has 0 saturated carbocycles. The van der Waals surface area contributed by atoms with Gasteiger partial charge in [0.1, 0.15) is 0 Å². The zero-order valence-corrected chi connectivity index (χ0v) is 12.2. The van der Waals surface area contributed by atoms with Gasteiger partial charge in [-0.15, -0.1) is 0 Å². The molecule has 2 saturated heterocycles. The maximum Gasteiger partial charge on any atom is 0.0223 e. The third-order valence-electron chi connectivity index (χ3n) is 4.21. The highest BCUT2D eigenvalue weighted by Crippen LogP contribution is 2.21. The molecule has 0 amide bonds. The van der Waals surface area contributed by atoms with E-state index < -0.39 is 0 Å². The van der Waals surface area contributed by atoms with Crippen LogP contribution in [-0.2, 0) is 0 Å². The number of rotatable bonds is 5. The van der Waals surface area contributed by atoms with E-state index in [4.69, 9.17) is 0 Å². The summed E-state index contributed by atoms with van der Waals surface area (Å²) in [5.74, 6) is 1.34. The van der Waals surface area contributed by atoms with Crippen LogP contribution in [-0.4, -0.2) is 60.6 Å². The number of hydrogen-bond acceptors (Lipinski definition) is 3. The zero-order valence-electron chi connectivity index (χ0n) is 11.4. The molecular formula is C14H28N2S. The van der Waals surface area contributed by atoms with E-state index in [2.05, 4.69) is 16.1 Å². The minimum atomic E-state index is 0.881. The van der Waals surface area contributed by atoms with Crippen molar-refractivity contribution < 1.29 is 0 Å². The summed E-state index contributed by atoms with van der Waals surface area (Å²) >= 11 is 1.98. The highest BCUT2D eigenvalue weighted by Gasteiger charge is 2.26. The summed E-state index contributed by atoms with van der Waals surface area (Å²) < 4.78 is 0. The van der Waals surface area contributed by atoms with Crippen LogP contribution in [0.3, 0.4) is 0 Å². The third kappa shape index (κ3) is 4.46. The largest absolute Gasteiger partial charge is 0.302 e. The lowest BCUT2D eigenvalue weighted by molar-refractivity contribution is 0.136. The van der Waals surface area contributed by atoms with Gasteiger partial charge in [-0.3, -0.25) is 4.90 Å². The van der Waals surface area contributed by atoms with E-state index in [0.717, 1.165) is 6.04 Å². The lowest BCUT2D eigenvalue weighted by Crippen LogP contribution is -2.44. The van der Waals surface area contributed by atoms with Crippen molar-refractivity contribution in [2.75, 3.05) is 44.7 Å². The van der Waals surface area contributed by atoms with Crippen LogP contribution in [0.5, 0.6) is 0 Å². The summed E-state index contributed by atoms with van der Waals surface area (Å²) in [5, 5.41) is 0. The zero-order chi connectivity index (χ0) is 11.9. The molecule has 2 aliphatic heterocycles. The Morgan fingerprint density at radius 3 is 2.82 bits per heavy atom. The molecule has 1 unspecified atom stereocenters. The van der Waals surface area contributed by atoms with Crippen LogP contribution in [0.15, 0.2) is 0 Å². The predicted octanol–water partition coefficient (Wildman–Crippen LogP) is 2.69. The van der Waals surface area contributed by atoms with Crippen LogP contribution in [0.25, 0.3) is 0 Å². The fraction of sp³-hybridized carbons (Fsp3) is 1.00. The summed E-state index contributed by atoms with van der Waals surface area (Å²) in [7, 11) is 0. The van der Waals surface area contributed by atoms with Crippen molar-refractivity contribution in [2.45, 2.75) is 44.6 Å². The van der Waals surface area contributed by atoms with Crippen LogP contribution in [0.4, 0.5) is 0 Å². The Bertz CT molecular complexity index is 210. The van der Waals surface area contributed by atoms with Gasteiger partial charge in [0.05, 0.1) is 0 Å². The maximum atomic E-state index is 2.76. The molecule has 0 radical (unpaired) electrons. The monoisotopic (exact) mass is 256 g/mol. The van der Waals surface area contributed by atoms with Gasteiger partial charge in [0.15, 0.2) is 0 Å². The van der Waals surface area contributed by atoms with Gasteiger partial charge in [-0.05, 0) is 70.3 Å². The number of thioether (sulfide) groups is 1. The first-order valence-electron chi connectivity index (χ1n) is 7.35. The summed E-state index contributed by atoms with van der Waals surface area (Å²) in [6, 6.07) is 0.881. The van der Waals surface area contributed by atoms with Crippen LogP contribution in [0, 0.1) is 0 Å². The Balaban J connectivity index is 1.71. The van der Waals surface area contributed by atoms with Gasteiger partial charge < -0.3 is 4.90 Å². The second-order valence-corrected chi connectivity index (χ2v) is 6.53. The van der Waals surface area contributed by atoms with E-state index in [1.807, 2.05) is 11.8 Å². The fourth-order valence-corrected chi connectivity index (χ4v) is 3.73. The van der Waals surface area contributed by atoms with Crippen molar-refractivity contribution in [2.24, 2.45) is 0 Å². The average Bonchev–Trinajstić information content (AvgIpc) is 2.56. The molecular weight excluding hydrogens is 228 g/mol. The van der Waals surface area contributed by atoms with Crippen molar-refractivity contribution >= 4 is 11.8 Å². The third-order valence-corrected chi connectivity index (χ3v) is 4.91. The Morgan fingerprint density at radius 2 is 1.94 bits per heavy atom. The fourth-order valence-electron chi connectivity index (χ4n) is 3.23. The summed E-state index contributed by atoms with van der Waals surface area (Å²) in [5.41, 5.74) is 0. The molecule has 0 aromatic heterocycles. The lowest BCUT2D eigenvalue weighted by atomic mass is 10.0. The standard InChI is InChI=1S/C14H28N2S/c1-17-12-5-4-8-15-9-6-11-16-10-3-2-7-14(16)13-15/h14H,2-13H2,1H3. The minimum Gasteiger partial charge on any atom is -0.302 e. The first-order valence-corrected chi connectivity index (χ1v) is 8.75. The molecule has 0 aliphatic carbocycles. The van der Waals surface area contributed by atoms with Crippen molar-refractivity contribution in [1.29, 1.82) is 0 Å². The first-order chi connectivity index (χ1) is 8.40. The van der Waals surface area contributed by atoms with Gasteiger partial charge in [0, 0.05) is 12.6 Å². The van der Waals surface area contributed by atoms with Crippen molar-refractivity contribution in [3.8, 4) is 0 Å². The van der Waals surface area contributed by atoms with Crippen molar-refractivity contribution in [3.63, 3.8) is 0 Å². The number of hydrogen-bond donors (Lipinski definition) is 0. The van der Waals surface area contributed by atoms with Gasteiger partial charge in [-0.25, -0.2) is 0 Å². The van der Waals surface area contributed by atoms with Crippen LogP contribution >= 0.6 is 11.8 Å². The van der Waals surface area contributed by atoms with Crippen LogP contribution in [0.2, 0.25) is 0 Å². The molecule has 2 nitrogen and oxygen atoms in total. The molecule has 2 aliphatic rings. The number of fused-ring (bicyclic) bond motifs is 1. The molecule has 0 spiro atoms. The lowest BCUT2D eigenvalue weighted by Gasteiger charge is -2.35. The number of nitrogens with zero attached hydrogens (tertiary/aromatic N) is 2. The van der Waals surface area contributed by atoms with E-state index in [1.165, 1.54) is 77.0 Å². The van der Waals surface area contributed by atoms with E-state index in [9.17, 15) is 0 Å². The van der Waals surface area contributed by atoms with Crippen molar-refractivity contribution in [3.05, 3.63) is 0 Å². The summed E-state index contributed by atoms with van der Waals surface area (Å²) in [4.78, 5) is 5.49. The minimum absolute atomic E-state index is 0.881. The Kier molecular flexibility index (Phi) is 6.16. The van der Waals surface area contributed by atoms with Gasteiger partial charge in [-0.2, -0.15) is 11.8 Å². The quantitative estimate of drug-likeness (QED) is 0.698. The Labute approximate surface area is 111 Å². The SMILES string of the molecule is CSCCCCN1CCCN2CCCCC2C1. The average molecular weight is 256 g/mol. The molecule has 3 heteroatoms. The smallest absolute Gasteiger partial charge is 0.0223 e. The molecule has 2 fully saturated rings.